The van der Waals surface area contributed by atoms with E-state index in [1.807, 2.05) is 0 Å². The molecule has 0 fully saturated rings. The minimum atomic E-state index is -1.02. The predicted molar refractivity (Wildman–Crippen MR) is 95.7 cm³/mol. The van der Waals surface area contributed by atoms with Gasteiger partial charge in [0.15, 0.2) is 0 Å². The van der Waals surface area contributed by atoms with Gasteiger partial charge in [-0.2, -0.15) is 0 Å². The Morgan fingerprint density at radius 1 is 1.12 bits per heavy atom. The average Bonchev–Trinajstić information content (AvgIpc) is 2.98. The van der Waals surface area contributed by atoms with Gasteiger partial charge in [-0.1, -0.05) is 18.2 Å². The Bertz CT molecular complexity index is 1030. The summed E-state index contributed by atoms with van der Waals surface area (Å²) >= 11 is 0. The van der Waals surface area contributed by atoms with Crippen molar-refractivity contribution >= 4 is 11.9 Å². The molecule has 1 aromatic heterocycles. The molecule has 1 heterocycles. The summed E-state index contributed by atoms with van der Waals surface area (Å²) in [4.78, 5) is 37.9. The topological polar surface area (TPSA) is 104 Å². The molecule has 7 nitrogen and oxygen atoms in total. The van der Waals surface area contributed by atoms with Gasteiger partial charge in [0.1, 0.15) is 0 Å². The number of hydrogen-bond acceptors (Lipinski definition) is 3. The SMILES string of the molecule is Cc1c[nH]c(=O)n1-c1cccc(C(=O)NCc2cccc(C(=O)O)c2)c1. The van der Waals surface area contributed by atoms with E-state index in [9.17, 15) is 14.4 Å². The molecule has 1 amide bonds. The molecule has 0 aliphatic carbocycles. The molecule has 3 aromatic rings. The van der Waals surface area contributed by atoms with Crippen molar-refractivity contribution in [3.63, 3.8) is 0 Å². The van der Waals surface area contributed by atoms with Crippen molar-refractivity contribution in [1.29, 1.82) is 0 Å². The fourth-order valence-electron chi connectivity index (χ4n) is 2.66. The number of hydrogen-bond donors (Lipinski definition) is 3. The van der Waals surface area contributed by atoms with Crippen molar-refractivity contribution in [1.82, 2.24) is 14.9 Å². The number of carbonyl (C=O) groups is 2. The first kappa shape index (κ1) is 17.2. The number of benzene rings is 2. The van der Waals surface area contributed by atoms with Gasteiger partial charge in [0.2, 0.25) is 0 Å². The van der Waals surface area contributed by atoms with Gasteiger partial charge in [-0.3, -0.25) is 9.36 Å². The summed E-state index contributed by atoms with van der Waals surface area (Å²) in [5.74, 6) is -1.33. The second-order valence-corrected chi connectivity index (χ2v) is 5.81. The van der Waals surface area contributed by atoms with Crippen LogP contribution in [0.4, 0.5) is 0 Å². The van der Waals surface area contributed by atoms with Crippen LogP contribution in [-0.4, -0.2) is 26.5 Å². The minimum Gasteiger partial charge on any atom is -0.478 e. The predicted octanol–water partition coefficient (Wildman–Crippen LogP) is 2.10. The molecule has 3 N–H and O–H groups in total. The molecule has 3 rings (SSSR count). The first-order valence-electron chi connectivity index (χ1n) is 7.93. The highest BCUT2D eigenvalue weighted by Gasteiger charge is 2.10. The summed E-state index contributed by atoms with van der Waals surface area (Å²) in [5, 5.41) is 11.8. The van der Waals surface area contributed by atoms with Crippen LogP contribution in [0, 0.1) is 6.92 Å². The highest BCUT2D eigenvalue weighted by Crippen LogP contribution is 2.11. The van der Waals surface area contributed by atoms with E-state index >= 15 is 0 Å². The van der Waals surface area contributed by atoms with Crippen molar-refractivity contribution in [3.8, 4) is 5.69 Å². The molecule has 7 heteroatoms. The number of H-pyrrole nitrogens is 1. The van der Waals surface area contributed by atoms with Crippen molar-refractivity contribution in [2.45, 2.75) is 13.5 Å². The third-order valence-electron chi connectivity index (χ3n) is 3.95. The Balaban J connectivity index is 1.77. The number of aryl methyl sites for hydroxylation is 1. The molecule has 0 atom stereocenters. The zero-order valence-corrected chi connectivity index (χ0v) is 14.0. The molecule has 0 aliphatic heterocycles. The third-order valence-corrected chi connectivity index (χ3v) is 3.95. The molecule has 0 spiro atoms. The van der Waals surface area contributed by atoms with E-state index in [1.165, 1.54) is 16.7 Å². The lowest BCUT2D eigenvalue weighted by atomic mass is 10.1. The van der Waals surface area contributed by atoms with Crippen molar-refractivity contribution < 1.29 is 14.7 Å². The monoisotopic (exact) mass is 351 g/mol. The molecule has 0 aliphatic rings. The molecule has 0 saturated carbocycles. The number of imidazole rings is 1. The maximum absolute atomic E-state index is 12.4. The first-order chi connectivity index (χ1) is 12.5. The molecular weight excluding hydrogens is 334 g/mol. The fourth-order valence-corrected chi connectivity index (χ4v) is 2.66. The van der Waals surface area contributed by atoms with Crippen LogP contribution in [0.15, 0.2) is 59.5 Å². The summed E-state index contributed by atoms with van der Waals surface area (Å²) in [6.07, 6.45) is 1.60. The van der Waals surface area contributed by atoms with Gasteiger partial charge in [-0.05, 0) is 42.8 Å². The summed E-state index contributed by atoms with van der Waals surface area (Å²) in [6, 6.07) is 13.1. The number of nitrogens with one attached hydrogen (secondary N) is 2. The number of rotatable bonds is 5. The van der Waals surface area contributed by atoms with Gasteiger partial charge in [-0.25, -0.2) is 9.59 Å². The maximum Gasteiger partial charge on any atom is 0.335 e. The number of carbonyl (C=O) groups excluding carboxylic acids is 1. The standard InChI is InChI=1S/C19H17N3O4/c1-12-10-21-19(26)22(12)16-7-3-5-14(9-16)17(23)20-11-13-4-2-6-15(8-13)18(24)25/h2-10H,11H2,1H3,(H,20,23)(H,21,26)(H,24,25). The second kappa shape index (κ2) is 7.10. The average molecular weight is 351 g/mol. The Kier molecular flexibility index (Phi) is 4.70. The second-order valence-electron chi connectivity index (χ2n) is 5.81. The number of aromatic carboxylic acids is 1. The molecule has 26 heavy (non-hydrogen) atoms. The van der Waals surface area contributed by atoms with Gasteiger partial charge in [0.25, 0.3) is 5.91 Å². The van der Waals surface area contributed by atoms with Crippen molar-refractivity contribution in [2.24, 2.45) is 0 Å². The highest BCUT2D eigenvalue weighted by molar-refractivity contribution is 5.94. The molecule has 0 bridgehead atoms. The summed E-state index contributed by atoms with van der Waals surface area (Å²) in [5.41, 5.74) is 2.32. The van der Waals surface area contributed by atoms with E-state index < -0.39 is 5.97 Å². The lowest BCUT2D eigenvalue weighted by Crippen LogP contribution is -2.23. The van der Waals surface area contributed by atoms with Gasteiger partial charge in [-0.15, -0.1) is 0 Å². The van der Waals surface area contributed by atoms with Crippen LogP contribution < -0.4 is 11.0 Å². The summed E-state index contributed by atoms with van der Waals surface area (Å²) in [7, 11) is 0. The van der Waals surface area contributed by atoms with Gasteiger partial charge >= 0.3 is 11.7 Å². The van der Waals surface area contributed by atoms with E-state index in [4.69, 9.17) is 5.11 Å². The minimum absolute atomic E-state index is 0.168. The van der Waals surface area contributed by atoms with E-state index in [2.05, 4.69) is 10.3 Å². The largest absolute Gasteiger partial charge is 0.478 e. The number of aromatic nitrogens is 2. The van der Waals surface area contributed by atoms with Crippen LogP contribution in [0.5, 0.6) is 0 Å². The number of aromatic amines is 1. The molecule has 2 aromatic carbocycles. The van der Waals surface area contributed by atoms with Crippen molar-refractivity contribution in [3.05, 3.63) is 87.6 Å². The normalized spacial score (nSPS) is 10.5. The van der Waals surface area contributed by atoms with E-state index in [0.717, 1.165) is 5.69 Å². The van der Waals surface area contributed by atoms with E-state index in [0.29, 0.717) is 16.8 Å². The van der Waals surface area contributed by atoms with Crippen LogP contribution in [0.3, 0.4) is 0 Å². The lowest BCUT2D eigenvalue weighted by Gasteiger charge is -2.09. The number of carboxylic acid groups (broad SMARTS) is 1. The Hall–Kier alpha value is -3.61. The molecule has 0 saturated heterocycles. The van der Waals surface area contributed by atoms with Crippen LogP contribution in [0.2, 0.25) is 0 Å². The van der Waals surface area contributed by atoms with Crippen LogP contribution in [0.1, 0.15) is 32.0 Å². The Labute approximate surface area is 148 Å². The zero-order valence-electron chi connectivity index (χ0n) is 14.0. The quantitative estimate of drug-likeness (QED) is 0.655. The Morgan fingerprint density at radius 3 is 2.54 bits per heavy atom. The number of amides is 1. The molecular formula is C19H17N3O4. The van der Waals surface area contributed by atoms with Gasteiger partial charge in [0, 0.05) is 24.0 Å². The van der Waals surface area contributed by atoms with Crippen LogP contribution >= 0.6 is 0 Å². The first-order valence-corrected chi connectivity index (χ1v) is 7.93. The molecule has 132 valence electrons. The number of nitrogens with zero attached hydrogens (tertiary/aromatic N) is 1. The highest BCUT2D eigenvalue weighted by atomic mass is 16.4. The van der Waals surface area contributed by atoms with Crippen LogP contribution in [0.25, 0.3) is 5.69 Å². The smallest absolute Gasteiger partial charge is 0.335 e. The zero-order chi connectivity index (χ0) is 18.7. The molecule has 0 radical (unpaired) electrons. The fraction of sp³-hybridized carbons (Fsp3) is 0.105. The summed E-state index contributed by atoms with van der Waals surface area (Å²) in [6.45, 7) is 1.99. The lowest BCUT2D eigenvalue weighted by molar-refractivity contribution is 0.0696. The Morgan fingerprint density at radius 2 is 1.85 bits per heavy atom. The maximum atomic E-state index is 12.4. The van der Waals surface area contributed by atoms with Gasteiger partial charge in [0.05, 0.1) is 11.3 Å². The number of carboxylic acids is 1. The van der Waals surface area contributed by atoms with Crippen LogP contribution in [-0.2, 0) is 6.54 Å². The van der Waals surface area contributed by atoms with Crippen molar-refractivity contribution in [2.75, 3.05) is 0 Å². The summed E-state index contributed by atoms with van der Waals surface area (Å²) < 4.78 is 1.48. The van der Waals surface area contributed by atoms with Gasteiger partial charge < -0.3 is 15.4 Å². The van der Waals surface area contributed by atoms with E-state index in [1.54, 1.807) is 49.5 Å². The third kappa shape index (κ3) is 3.56. The molecule has 0 unspecified atom stereocenters. The van der Waals surface area contributed by atoms with E-state index in [-0.39, 0.29) is 23.7 Å².